The predicted molar refractivity (Wildman–Crippen MR) is 279 cm³/mol. The van der Waals surface area contributed by atoms with Crippen LogP contribution in [0.4, 0.5) is 26.3 Å². The lowest BCUT2D eigenvalue weighted by Gasteiger charge is -2.24. The first kappa shape index (κ1) is 46.8. The van der Waals surface area contributed by atoms with Gasteiger partial charge in [-0.3, -0.25) is 0 Å². The van der Waals surface area contributed by atoms with Gasteiger partial charge in [-0.15, -0.1) is 0 Å². The molecule has 2 aromatic heterocycles. The Balaban J connectivity index is 1.28. The molecule has 0 spiro atoms. The molecule has 8 aromatic carbocycles. The van der Waals surface area contributed by atoms with Crippen molar-refractivity contribution in [2.45, 2.75) is 52.9 Å². The van der Waals surface area contributed by atoms with Crippen LogP contribution < -0.4 is 0 Å². The summed E-state index contributed by atoms with van der Waals surface area (Å²) in [5.41, 5.74) is 12.1. The molecular weight excluding hydrogens is 927 g/mol. The zero-order valence-corrected chi connectivity index (χ0v) is 40.1. The van der Waals surface area contributed by atoms with Gasteiger partial charge >= 0.3 is 12.4 Å². The molecule has 0 bridgehead atoms. The van der Waals surface area contributed by atoms with Crippen LogP contribution in [0.25, 0.3) is 95.8 Å². The maximum absolute atomic E-state index is 14.8. The fraction of sp³-hybridized carbons (Fsp3) is 0.127. The van der Waals surface area contributed by atoms with E-state index in [1.54, 1.807) is 18.2 Å². The number of halogens is 6. The van der Waals surface area contributed by atoms with Gasteiger partial charge in [0.1, 0.15) is 0 Å². The lowest BCUT2D eigenvalue weighted by atomic mass is 9.88. The summed E-state index contributed by atoms with van der Waals surface area (Å²) in [6, 6.07) is 53.4. The number of aryl methyl sites for hydroxylation is 4. The van der Waals surface area contributed by atoms with Gasteiger partial charge in [0.2, 0.25) is 0 Å². The zero-order valence-electron chi connectivity index (χ0n) is 40.1. The van der Waals surface area contributed by atoms with Crippen molar-refractivity contribution in [1.29, 1.82) is 0 Å². The third kappa shape index (κ3) is 8.97. The topological polar surface area (TPSA) is 43.6 Å². The number of hydrogen-bond donors (Lipinski definition) is 0. The highest BCUT2D eigenvalue weighted by Gasteiger charge is 2.34. The average molecular weight is 971 g/mol. The quantitative estimate of drug-likeness (QED) is 0.143. The Kier molecular flexibility index (Phi) is 11.7. The third-order valence-corrected chi connectivity index (χ3v) is 13.6. The first-order valence-electron chi connectivity index (χ1n) is 23.8. The number of nitrogens with zero attached hydrogens (tertiary/aromatic N) is 4. The van der Waals surface area contributed by atoms with Gasteiger partial charge in [-0.1, -0.05) is 139 Å². The first-order valence-corrected chi connectivity index (χ1v) is 23.8. The lowest BCUT2D eigenvalue weighted by molar-refractivity contribution is -0.138. The van der Waals surface area contributed by atoms with E-state index < -0.39 is 23.5 Å². The number of rotatable bonds is 8. The van der Waals surface area contributed by atoms with Gasteiger partial charge in [-0.05, 0) is 128 Å². The van der Waals surface area contributed by atoms with Crippen LogP contribution in [-0.2, 0) is 18.8 Å². The summed E-state index contributed by atoms with van der Waals surface area (Å²) in [4.78, 5) is 14.8. The number of hydrogen-bond acceptors (Lipinski definition) is 3. The van der Waals surface area contributed by atoms with Gasteiger partial charge in [-0.25, -0.2) is 15.0 Å². The number of allylic oxidation sites excluding steroid dienone is 1. The highest BCUT2D eigenvalue weighted by atomic mass is 19.4. The second-order valence-corrected chi connectivity index (χ2v) is 18.7. The Morgan fingerprint density at radius 2 is 1.05 bits per heavy atom. The fourth-order valence-electron chi connectivity index (χ4n) is 10.2. The highest BCUT2D eigenvalue weighted by molar-refractivity contribution is 6.03. The molecule has 0 saturated heterocycles. The highest BCUT2D eigenvalue weighted by Crippen LogP contribution is 2.48. The van der Waals surface area contributed by atoms with Crippen LogP contribution in [0, 0.1) is 39.8 Å². The number of alkyl halides is 6. The van der Waals surface area contributed by atoms with E-state index in [9.17, 15) is 26.3 Å². The molecule has 0 atom stereocenters. The summed E-state index contributed by atoms with van der Waals surface area (Å²) in [6.45, 7) is 8.27. The van der Waals surface area contributed by atoms with E-state index in [2.05, 4.69) is 81.4 Å². The number of aromatic nitrogens is 4. The normalized spacial score (nSPS) is 12.7. The van der Waals surface area contributed by atoms with Gasteiger partial charge in [0, 0.05) is 56.1 Å². The monoisotopic (exact) mass is 970 g/mol. The van der Waals surface area contributed by atoms with Crippen molar-refractivity contribution in [1.82, 2.24) is 19.5 Å². The molecule has 11 rings (SSSR count). The molecule has 358 valence electrons. The minimum Gasteiger partial charge on any atom is -0.312 e. The molecule has 0 N–H and O–H groups in total. The summed E-state index contributed by atoms with van der Waals surface area (Å²) in [7, 11) is 0. The number of benzene rings is 7. The van der Waals surface area contributed by atoms with Crippen molar-refractivity contribution >= 4 is 22.6 Å². The largest absolute Gasteiger partial charge is 0.417 e. The Morgan fingerprint density at radius 3 is 1.67 bits per heavy atom. The van der Waals surface area contributed by atoms with E-state index in [0.29, 0.717) is 57.9 Å². The maximum atomic E-state index is 14.8. The Bertz CT molecular complexity index is 3670. The smallest absolute Gasteiger partial charge is 0.312 e. The lowest BCUT2D eigenvalue weighted by Crippen LogP contribution is -2.10. The van der Waals surface area contributed by atoms with E-state index in [1.807, 2.05) is 84.3 Å². The summed E-state index contributed by atoms with van der Waals surface area (Å²) >= 11 is 0. The summed E-state index contributed by atoms with van der Waals surface area (Å²) in [5, 5.41) is 0.872. The van der Waals surface area contributed by atoms with Gasteiger partial charge in [0.25, 0.3) is 0 Å². The van der Waals surface area contributed by atoms with Gasteiger partial charge in [0.05, 0.1) is 22.3 Å². The Hall–Kier alpha value is -8.55. The van der Waals surface area contributed by atoms with E-state index in [4.69, 9.17) is 15.0 Å². The van der Waals surface area contributed by atoms with Crippen LogP contribution >= 0.6 is 0 Å². The maximum Gasteiger partial charge on any atom is 0.417 e. The van der Waals surface area contributed by atoms with Crippen molar-refractivity contribution in [2.75, 3.05) is 0 Å². The van der Waals surface area contributed by atoms with Crippen molar-refractivity contribution in [3.63, 3.8) is 0 Å². The van der Waals surface area contributed by atoms with E-state index >= 15 is 0 Å². The van der Waals surface area contributed by atoms with Gasteiger partial charge in [0.15, 0.2) is 17.5 Å². The van der Waals surface area contributed by atoms with Crippen LogP contribution in [0.15, 0.2) is 164 Å². The summed E-state index contributed by atoms with van der Waals surface area (Å²) in [5.74, 6) is 0.806. The molecular formula is C63H44F6N4. The molecule has 10 heteroatoms. The molecule has 4 nitrogen and oxygen atoms in total. The zero-order chi connectivity index (χ0) is 50.8. The number of fused-ring (bicyclic) bond motifs is 3. The fourth-order valence-corrected chi connectivity index (χ4v) is 10.2. The van der Waals surface area contributed by atoms with Crippen LogP contribution in [0.3, 0.4) is 0 Å². The van der Waals surface area contributed by atoms with E-state index in [1.165, 1.54) is 6.07 Å². The minimum atomic E-state index is -4.76. The first-order chi connectivity index (χ1) is 35.1. The van der Waals surface area contributed by atoms with Crippen LogP contribution in [-0.4, -0.2) is 19.5 Å². The van der Waals surface area contributed by atoms with Crippen LogP contribution in [0.2, 0.25) is 0 Å². The second kappa shape index (κ2) is 18.2. The molecule has 0 amide bonds. The molecule has 0 saturated carbocycles. The van der Waals surface area contributed by atoms with E-state index in [-0.39, 0.29) is 22.5 Å². The van der Waals surface area contributed by atoms with Gasteiger partial charge < -0.3 is 4.57 Å². The van der Waals surface area contributed by atoms with Crippen molar-refractivity contribution in [2.24, 2.45) is 0 Å². The predicted octanol–water partition coefficient (Wildman–Crippen LogP) is 17.2. The third-order valence-electron chi connectivity index (χ3n) is 13.6. The van der Waals surface area contributed by atoms with Crippen molar-refractivity contribution in [3.8, 4) is 73.2 Å². The molecule has 1 aliphatic carbocycles. The van der Waals surface area contributed by atoms with Crippen molar-refractivity contribution < 1.29 is 26.3 Å². The Labute approximate surface area is 419 Å². The van der Waals surface area contributed by atoms with Crippen LogP contribution in [0.5, 0.6) is 0 Å². The molecule has 0 radical (unpaired) electrons. The molecule has 10 aromatic rings. The van der Waals surface area contributed by atoms with Crippen molar-refractivity contribution in [3.05, 3.63) is 226 Å². The minimum absolute atomic E-state index is 0.0188. The molecule has 73 heavy (non-hydrogen) atoms. The molecule has 2 heterocycles. The van der Waals surface area contributed by atoms with E-state index in [0.717, 1.165) is 85.4 Å². The summed E-state index contributed by atoms with van der Waals surface area (Å²) < 4.78 is 91.0. The molecule has 0 aliphatic heterocycles. The molecule has 1 aliphatic rings. The summed E-state index contributed by atoms with van der Waals surface area (Å²) in [6.07, 6.45) is -6.17. The molecule has 0 unspecified atom stereocenters. The standard InChI is InChI=1S/C63H44F6N4/c1-37-21-25-50(39(3)29-37)45-23-27-56-54(33-45)55-34-46(51-26-22-38(2)30-40(51)4)24-28-57(55)73(56)58-52(43-17-11-19-48(31-43)62(64,65)66)35-47(36-53(58)44-18-12-20-49(32-44)63(67,68)69)61-71-59(41-13-7-5-8-14-41)70-60(72-61)42-15-9-6-10-16-42/h5-11,13-17,19-23,25-27,29-36H,24,28H2,1-4H3. The average Bonchev–Trinajstić information content (AvgIpc) is 3.71. The molecule has 0 fully saturated rings. The van der Waals surface area contributed by atoms with Crippen LogP contribution in [0.1, 0.15) is 56.6 Å². The van der Waals surface area contributed by atoms with Gasteiger partial charge in [-0.2, -0.15) is 26.3 Å². The Morgan fingerprint density at radius 1 is 0.479 bits per heavy atom. The SMILES string of the molecule is Cc1ccc(C2=Cc3c(n(-c4c(-c5c#ccc(C(F)(F)F)c5)cc(-c5nc(-c6ccccc6)nc(-c6ccccc6)n5)cc4-c4cccc(C(F)(F)F)c4)c4ccc(-c5ccc(C)cc5C)cc34)CC2)c(C)c1. The second-order valence-electron chi connectivity index (χ2n) is 18.7.